The molecule has 1 aromatic carbocycles. The van der Waals surface area contributed by atoms with Crippen molar-refractivity contribution in [3.63, 3.8) is 0 Å². The molecule has 0 aliphatic carbocycles. The Kier molecular flexibility index (Phi) is 5.97. The van der Waals surface area contributed by atoms with Gasteiger partial charge in [0.25, 0.3) is 0 Å². The van der Waals surface area contributed by atoms with E-state index in [-0.39, 0.29) is 10.9 Å². The third-order valence-electron chi connectivity index (χ3n) is 2.96. The predicted molar refractivity (Wildman–Crippen MR) is 77.2 cm³/mol. The van der Waals surface area contributed by atoms with E-state index in [4.69, 9.17) is 0 Å². The summed E-state index contributed by atoms with van der Waals surface area (Å²) in [6.07, 6.45) is 1.05. The van der Waals surface area contributed by atoms with Crippen molar-refractivity contribution in [2.24, 2.45) is 0 Å². The molecule has 0 bridgehead atoms. The first-order valence-corrected chi connectivity index (χ1v) is 7.70. The van der Waals surface area contributed by atoms with Gasteiger partial charge < -0.3 is 9.64 Å². The van der Waals surface area contributed by atoms with E-state index in [2.05, 4.69) is 9.46 Å². The summed E-state index contributed by atoms with van der Waals surface area (Å²) in [6.45, 7) is 0.688. The van der Waals surface area contributed by atoms with Crippen molar-refractivity contribution in [2.45, 2.75) is 17.7 Å². The minimum Gasteiger partial charge on any atom is -0.469 e. The highest BCUT2D eigenvalue weighted by molar-refractivity contribution is 7.89. The highest BCUT2D eigenvalue weighted by Gasteiger charge is 2.11. The number of carbonyl (C=O) groups is 1. The summed E-state index contributed by atoms with van der Waals surface area (Å²) in [5.74, 6) is -0.228. The summed E-state index contributed by atoms with van der Waals surface area (Å²) >= 11 is 0. The number of nitrogens with one attached hydrogen (secondary N) is 1. The Balaban J connectivity index is 2.62. The summed E-state index contributed by atoms with van der Waals surface area (Å²) < 4.78 is 30.0. The number of nitrogens with zero attached hydrogens (tertiary/aromatic N) is 1. The Morgan fingerprint density at radius 3 is 2.40 bits per heavy atom. The Bertz CT molecular complexity index is 540. The third kappa shape index (κ3) is 4.50. The molecule has 20 heavy (non-hydrogen) atoms. The van der Waals surface area contributed by atoms with Crippen LogP contribution in [0.25, 0.3) is 0 Å². The number of sulfonamides is 1. The van der Waals surface area contributed by atoms with Crippen molar-refractivity contribution in [1.29, 1.82) is 0 Å². The van der Waals surface area contributed by atoms with Crippen LogP contribution in [-0.4, -0.2) is 42.1 Å². The van der Waals surface area contributed by atoms with Gasteiger partial charge in [0.15, 0.2) is 0 Å². The first-order chi connectivity index (χ1) is 9.40. The Hall–Kier alpha value is -1.60. The van der Waals surface area contributed by atoms with E-state index in [0.717, 1.165) is 5.69 Å². The molecule has 0 heterocycles. The number of hydrogen-bond donors (Lipinski definition) is 1. The molecule has 0 fully saturated rings. The largest absolute Gasteiger partial charge is 0.469 e. The van der Waals surface area contributed by atoms with Gasteiger partial charge >= 0.3 is 5.97 Å². The molecule has 0 saturated heterocycles. The van der Waals surface area contributed by atoms with Crippen LogP contribution in [0, 0.1) is 0 Å². The molecule has 0 spiro atoms. The quantitative estimate of drug-likeness (QED) is 0.760. The number of carbonyl (C=O) groups excluding carboxylic acids is 1. The zero-order valence-electron chi connectivity index (χ0n) is 11.9. The van der Waals surface area contributed by atoms with Gasteiger partial charge in [-0.15, -0.1) is 0 Å². The Morgan fingerprint density at radius 2 is 1.90 bits per heavy atom. The van der Waals surface area contributed by atoms with Crippen LogP contribution in [0.2, 0.25) is 0 Å². The number of hydrogen-bond acceptors (Lipinski definition) is 5. The molecule has 112 valence electrons. The minimum atomic E-state index is -3.40. The molecule has 1 N–H and O–H groups in total. The van der Waals surface area contributed by atoms with Crippen LogP contribution in [-0.2, 0) is 19.6 Å². The fraction of sp³-hybridized carbons (Fsp3) is 0.462. The normalized spacial score (nSPS) is 11.2. The molecule has 0 amide bonds. The predicted octanol–water partition coefficient (Wildman–Crippen LogP) is 0.984. The molecule has 0 aromatic heterocycles. The fourth-order valence-electron chi connectivity index (χ4n) is 1.69. The zero-order valence-corrected chi connectivity index (χ0v) is 12.7. The third-order valence-corrected chi connectivity index (χ3v) is 4.39. The maximum atomic E-state index is 11.6. The van der Waals surface area contributed by atoms with Gasteiger partial charge in [-0.25, -0.2) is 13.1 Å². The van der Waals surface area contributed by atoms with Gasteiger partial charge in [-0.3, -0.25) is 4.79 Å². The molecule has 0 unspecified atom stereocenters. The van der Waals surface area contributed by atoms with E-state index >= 15 is 0 Å². The van der Waals surface area contributed by atoms with Gasteiger partial charge in [0.1, 0.15) is 0 Å². The van der Waals surface area contributed by atoms with Gasteiger partial charge in [-0.05, 0) is 37.7 Å². The molecular formula is C13H20N2O4S. The van der Waals surface area contributed by atoms with Crippen LogP contribution >= 0.6 is 0 Å². The number of ether oxygens (including phenoxy) is 1. The highest BCUT2D eigenvalue weighted by Crippen LogP contribution is 2.17. The average molecular weight is 300 g/mol. The van der Waals surface area contributed by atoms with E-state index in [9.17, 15) is 13.2 Å². The average Bonchev–Trinajstić information content (AvgIpc) is 2.47. The van der Waals surface area contributed by atoms with Crippen molar-refractivity contribution >= 4 is 21.7 Å². The topological polar surface area (TPSA) is 75.7 Å². The summed E-state index contributed by atoms with van der Waals surface area (Å²) in [6, 6.07) is 6.58. The lowest BCUT2D eigenvalue weighted by Gasteiger charge is -2.19. The molecule has 0 radical (unpaired) electrons. The number of anilines is 1. The van der Waals surface area contributed by atoms with E-state index in [1.54, 1.807) is 24.3 Å². The van der Waals surface area contributed by atoms with Gasteiger partial charge in [0, 0.05) is 25.7 Å². The van der Waals surface area contributed by atoms with Crippen molar-refractivity contribution in [2.75, 3.05) is 32.6 Å². The Morgan fingerprint density at radius 1 is 1.30 bits per heavy atom. The van der Waals surface area contributed by atoms with E-state index < -0.39 is 10.0 Å². The van der Waals surface area contributed by atoms with Crippen molar-refractivity contribution in [3.05, 3.63) is 24.3 Å². The molecule has 1 aromatic rings. The molecule has 0 saturated carbocycles. The first-order valence-electron chi connectivity index (χ1n) is 6.22. The van der Waals surface area contributed by atoms with Crippen LogP contribution in [0.4, 0.5) is 5.69 Å². The molecule has 6 nitrogen and oxygen atoms in total. The van der Waals surface area contributed by atoms with Gasteiger partial charge in [-0.1, -0.05) is 0 Å². The minimum absolute atomic E-state index is 0.228. The number of methoxy groups -OCH3 is 1. The summed E-state index contributed by atoms with van der Waals surface area (Å²) in [7, 11) is 1.23. The molecule has 0 aliphatic heterocycles. The lowest BCUT2D eigenvalue weighted by molar-refractivity contribution is -0.140. The van der Waals surface area contributed by atoms with Crippen LogP contribution < -0.4 is 9.62 Å². The van der Waals surface area contributed by atoms with E-state index in [0.29, 0.717) is 19.4 Å². The fourth-order valence-corrected chi connectivity index (χ4v) is 2.42. The molecule has 0 aliphatic rings. The van der Waals surface area contributed by atoms with E-state index in [1.807, 2.05) is 11.9 Å². The van der Waals surface area contributed by atoms with Crippen LogP contribution in [0.15, 0.2) is 29.2 Å². The standard InChI is InChI=1S/C13H20N2O4S/c1-14-20(17,18)12-8-6-11(7-9-12)15(2)10-4-5-13(16)19-3/h6-9,14H,4-5,10H2,1-3H3. The van der Waals surface area contributed by atoms with Crippen LogP contribution in [0.3, 0.4) is 0 Å². The highest BCUT2D eigenvalue weighted by atomic mass is 32.2. The second kappa shape index (κ2) is 7.25. The molecular weight excluding hydrogens is 280 g/mol. The van der Waals surface area contributed by atoms with Crippen molar-refractivity contribution in [3.8, 4) is 0 Å². The molecule has 1 rings (SSSR count). The van der Waals surface area contributed by atoms with Gasteiger partial charge in [0.2, 0.25) is 10.0 Å². The first kappa shape index (κ1) is 16.5. The second-order valence-corrected chi connectivity index (χ2v) is 6.19. The molecule has 0 atom stereocenters. The maximum absolute atomic E-state index is 11.6. The summed E-state index contributed by atoms with van der Waals surface area (Å²) in [5.41, 5.74) is 0.893. The summed E-state index contributed by atoms with van der Waals surface area (Å²) in [4.78, 5) is 13.2. The van der Waals surface area contributed by atoms with Crippen LogP contribution in [0.5, 0.6) is 0 Å². The monoisotopic (exact) mass is 300 g/mol. The van der Waals surface area contributed by atoms with E-state index in [1.165, 1.54) is 14.2 Å². The lowest BCUT2D eigenvalue weighted by Crippen LogP contribution is -2.21. The second-order valence-electron chi connectivity index (χ2n) is 4.30. The van der Waals surface area contributed by atoms with Crippen molar-refractivity contribution in [1.82, 2.24) is 4.72 Å². The van der Waals surface area contributed by atoms with Gasteiger partial charge in [-0.2, -0.15) is 0 Å². The van der Waals surface area contributed by atoms with Crippen molar-refractivity contribution < 1.29 is 17.9 Å². The lowest BCUT2D eigenvalue weighted by atomic mass is 10.2. The SMILES string of the molecule is CNS(=O)(=O)c1ccc(N(C)CCCC(=O)OC)cc1. The number of rotatable bonds is 7. The molecule has 7 heteroatoms. The van der Waals surface area contributed by atoms with Gasteiger partial charge in [0.05, 0.1) is 12.0 Å². The summed E-state index contributed by atoms with van der Waals surface area (Å²) in [5, 5.41) is 0. The van der Waals surface area contributed by atoms with Crippen LogP contribution in [0.1, 0.15) is 12.8 Å². The number of esters is 1. The smallest absolute Gasteiger partial charge is 0.305 e. The Labute approximate surface area is 119 Å². The zero-order chi connectivity index (χ0) is 15.2. The maximum Gasteiger partial charge on any atom is 0.305 e. The number of benzene rings is 1.